The van der Waals surface area contributed by atoms with Crippen LogP contribution in [-0.4, -0.2) is 24.3 Å². The Hall–Kier alpha value is -1.10. The van der Waals surface area contributed by atoms with E-state index in [-0.39, 0.29) is 23.7 Å². The molecule has 0 spiro atoms. The summed E-state index contributed by atoms with van der Waals surface area (Å²) in [6.45, 7) is 0.752. The molecule has 2 unspecified atom stereocenters. The van der Waals surface area contributed by atoms with E-state index in [4.69, 9.17) is 16.9 Å². The molecule has 0 saturated carbocycles. The largest absolute Gasteiger partial charge is 0.387 e. The van der Waals surface area contributed by atoms with Crippen LogP contribution in [0.1, 0.15) is 12.8 Å². The lowest BCUT2D eigenvalue weighted by molar-refractivity contribution is -0.120. The van der Waals surface area contributed by atoms with Gasteiger partial charge < -0.3 is 16.8 Å². The maximum absolute atomic E-state index is 10.8. The van der Waals surface area contributed by atoms with Crippen molar-refractivity contribution in [2.24, 2.45) is 17.4 Å². The van der Waals surface area contributed by atoms with Gasteiger partial charge in [0.1, 0.15) is 0 Å². The molecule has 0 aliphatic carbocycles. The molecule has 13 heavy (non-hydrogen) atoms. The highest BCUT2D eigenvalue weighted by Crippen LogP contribution is 2.18. The highest BCUT2D eigenvalue weighted by atomic mass is 16.1. The van der Waals surface area contributed by atoms with Crippen LogP contribution >= 0.6 is 0 Å². The average Bonchev–Trinajstić information content (AvgIpc) is 2.03. The molecule has 0 aromatic rings. The number of amidine groups is 1. The van der Waals surface area contributed by atoms with Crippen molar-refractivity contribution in [3.8, 4) is 0 Å². The van der Waals surface area contributed by atoms with Crippen molar-refractivity contribution in [3.63, 3.8) is 0 Å². The fourth-order valence-electron chi connectivity index (χ4n) is 1.57. The smallest absolute Gasteiger partial charge is 0.234 e. The molecule has 1 fully saturated rings. The lowest BCUT2D eigenvalue weighted by Crippen LogP contribution is -2.47. The van der Waals surface area contributed by atoms with Gasteiger partial charge in [0.25, 0.3) is 0 Å². The van der Waals surface area contributed by atoms with Gasteiger partial charge in [-0.2, -0.15) is 0 Å². The van der Waals surface area contributed by atoms with E-state index in [2.05, 4.69) is 5.32 Å². The van der Waals surface area contributed by atoms with Crippen molar-refractivity contribution < 1.29 is 4.79 Å². The van der Waals surface area contributed by atoms with Gasteiger partial charge in [0, 0.05) is 6.42 Å². The molecule has 5 heteroatoms. The SMILES string of the molecule is N=C(N)[CH]C1CCNC(C(N)=O)C1. The van der Waals surface area contributed by atoms with E-state index < -0.39 is 0 Å². The highest BCUT2D eigenvalue weighted by molar-refractivity contribution is 5.86. The van der Waals surface area contributed by atoms with Crippen molar-refractivity contribution in [3.05, 3.63) is 6.42 Å². The summed E-state index contributed by atoms with van der Waals surface area (Å²) in [5, 5.41) is 10.1. The summed E-state index contributed by atoms with van der Waals surface area (Å²) in [6, 6.07) is -0.269. The van der Waals surface area contributed by atoms with Gasteiger partial charge in [-0.15, -0.1) is 0 Å². The summed E-state index contributed by atoms with van der Waals surface area (Å²) < 4.78 is 0. The van der Waals surface area contributed by atoms with E-state index in [9.17, 15) is 4.79 Å². The third-order valence-electron chi connectivity index (χ3n) is 2.20. The van der Waals surface area contributed by atoms with E-state index in [0.717, 1.165) is 13.0 Å². The van der Waals surface area contributed by atoms with Crippen LogP contribution < -0.4 is 16.8 Å². The standard InChI is InChI=1S/C8H15N4O/c9-7(10)4-5-1-2-12-6(3-5)8(11)13/h4-6,12H,1-3H2,(H3,9,10)(H2,11,13). The molecule has 2 atom stereocenters. The lowest BCUT2D eigenvalue weighted by atomic mass is 9.89. The Morgan fingerprint density at radius 3 is 2.77 bits per heavy atom. The van der Waals surface area contributed by atoms with Gasteiger partial charge in [0.05, 0.1) is 11.9 Å². The van der Waals surface area contributed by atoms with Crippen LogP contribution in [0, 0.1) is 17.7 Å². The maximum Gasteiger partial charge on any atom is 0.234 e. The number of carbonyl (C=O) groups is 1. The van der Waals surface area contributed by atoms with Gasteiger partial charge in [-0.1, -0.05) is 0 Å². The Bertz CT molecular complexity index is 216. The number of carbonyl (C=O) groups excluding carboxylic acids is 1. The Balaban J connectivity index is 2.41. The van der Waals surface area contributed by atoms with Gasteiger partial charge in [-0.05, 0) is 25.3 Å². The zero-order valence-electron chi connectivity index (χ0n) is 7.42. The van der Waals surface area contributed by atoms with Gasteiger partial charge in [-0.3, -0.25) is 10.2 Å². The fraction of sp³-hybridized carbons (Fsp3) is 0.625. The van der Waals surface area contributed by atoms with E-state index in [1.165, 1.54) is 0 Å². The van der Waals surface area contributed by atoms with Crippen molar-refractivity contribution in [1.82, 2.24) is 5.32 Å². The predicted octanol–water partition coefficient (Wildman–Crippen LogP) is -1.02. The Kier molecular flexibility index (Phi) is 3.25. The minimum Gasteiger partial charge on any atom is -0.387 e. The van der Waals surface area contributed by atoms with Crippen molar-refractivity contribution >= 4 is 11.7 Å². The minimum atomic E-state index is -0.332. The molecule has 1 amide bonds. The number of hydrogen-bond acceptors (Lipinski definition) is 3. The molecular formula is C8H15N4O. The Labute approximate surface area is 77.4 Å². The molecule has 5 nitrogen and oxygen atoms in total. The maximum atomic E-state index is 10.8. The average molecular weight is 183 g/mol. The van der Waals surface area contributed by atoms with Crippen LogP contribution in [0.2, 0.25) is 0 Å². The number of nitrogens with two attached hydrogens (primary N) is 2. The summed E-state index contributed by atoms with van der Waals surface area (Å²) >= 11 is 0. The van der Waals surface area contributed by atoms with Crippen LogP contribution in [-0.2, 0) is 4.79 Å². The molecule has 1 aliphatic heterocycles. The van der Waals surface area contributed by atoms with Gasteiger partial charge in [0.2, 0.25) is 5.91 Å². The van der Waals surface area contributed by atoms with Crippen LogP contribution in [0.4, 0.5) is 0 Å². The van der Waals surface area contributed by atoms with Crippen molar-refractivity contribution in [2.45, 2.75) is 18.9 Å². The second kappa shape index (κ2) is 4.23. The second-order valence-corrected chi connectivity index (χ2v) is 3.32. The zero-order valence-corrected chi connectivity index (χ0v) is 7.42. The van der Waals surface area contributed by atoms with Crippen molar-refractivity contribution in [2.75, 3.05) is 6.54 Å². The number of rotatable bonds is 3. The van der Waals surface area contributed by atoms with E-state index in [1.54, 1.807) is 6.42 Å². The van der Waals surface area contributed by atoms with Crippen LogP contribution in [0.3, 0.4) is 0 Å². The molecule has 1 saturated heterocycles. The first-order valence-electron chi connectivity index (χ1n) is 4.31. The molecule has 1 radical (unpaired) electrons. The Morgan fingerprint density at radius 2 is 2.23 bits per heavy atom. The Morgan fingerprint density at radius 1 is 1.54 bits per heavy atom. The quantitative estimate of drug-likeness (QED) is 0.332. The van der Waals surface area contributed by atoms with Crippen LogP contribution in [0.15, 0.2) is 0 Å². The molecule has 6 N–H and O–H groups in total. The van der Waals surface area contributed by atoms with Gasteiger partial charge >= 0.3 is 0 Å². The summed E-state index contributed by atoms with van der Waals surface area (Å²) in [5.41, 5.74) is 10.4. The number of nitrogens with one attached hydrogen (secondary N) is 2. The summed E-state index contributed by atoms with van der Waals surface area (Å²) in [5.74, 6) is -0.0620. The molecule has 1 heterocycles. The number of primary amides is 1. The summed E-state index contributed by atoms with van der Waals surface area (Å²) in [7, 11) is 0. The van der Waals surface area contributed by atoms with E-state index in [1.807, 2.05) is 0 Å². The van der Waals surface area contributed by atoms with Crippen LogP contribution in [0.5, 0.6) is 0 Å². The number of piperidine rings is 1. The summed E-state index contributed by atoms with van der Waals surface area (Å²) in [6.07, 6.45) is 3.23. The molecule has 1 rings (SSSR count). The lowest BCUT2D eigenvalue weighted by Gasteiger charge is -2.27. The van der Waals surface area contributed by atoms with Gasteiger partial charge in [0.15, 0.2) is 0 Å². The second-order valence-electron chi connectivity index (χ2n) is 3.32. The summed E-state index contributed by atoms with van der Waals surface area (Å²) in [4.78, 5) is 10.8. The number of hydrogen-bond donors (Lipinski definition) is 4. The number of amides is 1. The van der Waals surface area contributed by atoms with Gasteiger partial charge in [-0.25, -0.2) is 0 Å². The highest BCUT2D eigenvalue weighted by Gasteiger charge is 2.25. The third kappa shape index (κ3) is 3.02. The predicted molar refractivity (Wildman–Crippen MR) is 49.9 cm³/mol. The van der Waals surface area contributed by atoms with E-state index in [0.29, 0.717) is 6.42 Å². The first kappa shape index (κ1) is 9.98. The third-order valence-corrected chi connectivity index (χ3v) is 2.20. The normalized spacial score (nSPS) is 28.3. The fourth-order valence-corrected chi connectivity index (χ4v) is 1.57. The minimum absolute atomic E-state index is 0.0649. The monoisotopic (exact) mass is 183 g/mol. The first-order valence-corrected chi connectivity index (χ1v) is 4.31. The molecule has 0 aromatic heterocycles. The molecule has 0 aromatic carbocycles. The molecular weight excluding hydrogens is 168 g/mol. The molecule has 73 valence electrons. The van der Waals surface area contributed by atoms with Crippen molar-refractivity contribution in [1.29, 1.82) is 5.41 Å². The molecule has 1 aliphatic rings. The van der Waals surface area contributed by atoms with E-state index >= 15 is 0 Å². The molecule has 0 bridgehead atoms. The first-order chi connectivity index (χ1) is 6.09. The van der Waals surface area contributed by atoms with Crippen LogP contribution in [0.25, 0.3) is 0 Å². The zero-order chi connectivity index (χ0) is 9.84. The topological polar surface area (TPSA) is 105 Å².